The van der Waals surface area contributed by atoms with Gasteiger partial charge in [0.1, 0.15) is 0 Å². The molecule has 6 N–H and O–H groups in total. The lowest BCUT2D eigenvalue weighted by atomic mass is 10.1. The normalized spacial score (nSPS) is 8.00. The predicted octanol–water partition coefficient (Wildman–Crippen LogP) is -0.883. The SMILES string of the molecule is C=C(CC(=C)C(N)=O)C(N)=O.C=CC(N)=O. The zero-order chi connectivity index (χ0) is 13.3. The molecule has 6 nitrogen and oxygen atoms in total. The molecule has 0 aromatic rings. The van der Waals surface area contributed by atoms with E-state index in [1.165, 1.54) is 0 Å². The third kappa shape index (κ3) is 9.72. The van der Waals surface area contributed by atoms with Crippen molar-refractivity contribution in [2.75, 3.05) is 0 Å². The summed E-state index contributed by atoms with van der Waals surface area (Å²) in [6.45, 7) is 9.75. The predicted molar refractivity (Wildman–Crippen MR) is 60.7 cm³/mol. The van der Waals surface area contributed by atoms with Gasteiger partial charge >= 0.3 is 0 Å². The van der Waals surface area contributed by atoms with Crippen LogP contribution in [-0.2, 0) is 14.4 Å². The molecule has 0 saturated heterocycles. The van der Waals surface area contributed by atoms with Crippen LogP contribution in [0.4, 0.5) is 0 Å². The third-order valence-corrected chi connectivity index (χ3v) is 1.32. The molecule has 0 aromatic heterocycles. The van der Waals surface area contributed by atoms with Crippen molar-refractivity contribution in [1.82, 2.24) is 0 Å². The van der Waals surface area contributed by atoms with Crippen molar-refractivity contribution in [1.29, 1.82) is 0 Å². The largest absolute Gasteiger partial charge is 0.366 e. The van der Waals surface area contributed by atoms with Crippen molar-refractivity contribution in [3.05, 3.63) is 37.0 Å². The summed E-state index contributed by atoms with van der Waals surface area (Å²) in [5.74, 6) is -1.77. The second kappa shape index (κ2) is 7.98. The monoisotopic (exact) mass is 225 g/mol. The molecule has 0 bridgehead atoms. The van der Waals surface area contributed by atoms with Gasteiger partial charge < -0.3 is 17.2 Å². The summed E-state index contributed by atoms with van der Waals surface area (Å²) in [4.78, 5) is 30.2. The van der Waals surface area contributed by atoms with Crippen LogP contribution in [0.5, 0.6) is 0 Å². The van der Waals surface area contributed by atoms with Gasteiger partial charge in [-0.1, -0.05) is 19.7 Å². The molecular weight excluding hydrogens is 210 g/mol. The van der Waals surface area contributed by atoms with Gasteiger partial charge in [0.2, 0.25) is 17.7 Å². The summed E-state index contributed by atoms with van der Waals surface area (Å²) in [5.41, 5.74) is 14.5. The van der Waals surface area contributed by atoms with Crippen molar-refractivity contribution in [2.45, 2.75) is 6.42 Å². The highest BCUT2D eigenvalue weighted by atomic mass is 16.2. The fraction of sp³-hybridized carbons (Fsp3) is 0.100. The maximum atomic E-state index is 10.4. The molecule has 3 amide bonds. The first-order chi connectivity index (χ1) is 7.22. The Balaban J connectivity index is 0. The summed E-state index contributed by atoms with van der Waals surface area (Å²) in [6.07, 6.45) is 1.10. The number of rotatable bonds is 5. The number of nitrogens with two attached hydrogens (primary N) is 3. The van der Waals surface area contributed by atoms with Crippen molar-refractivity contribution < 1.29 is 14.4 Å². The average Bonchev–Trinajstić information content (AvgIpc) is 2.18. The molecule has 16 heavy (non-hydrogen) atoms. The van der Waals surface area contributed by atoms with E-state index in [1.54, 1.807) is 0 Å². The Morgan fingerprint density at radius 3 is 1.31 bits per heavy atom. The van der Waals surface area contributed by atoms with Gasteiger partial charge in [0, 0.05) is 17.6 Å². The molecule has 0 aromatic carbocycles. The number of carbonyl (C=O) groups is 3. The maximum Gasteiger partial charge on any atom is 0.244 e. The summed E-state index contributed by atoms with van der Waals surface area (Å²) in [6, 6.07) is 0. The van der Waals surface area contributed by atoms with E-state index in [1.807, 2.05) is 0 Å². The fourth-order valence-electron chi connectivity index (χ4n) is 0.432. The molecular formula is C10H15N3O3. The van der Waals surface area contributed by atoms with Crippen molar-refractivity contribution in [3.8, 4) is 0 Å². The highest BCUT2D eigenvalue weighted by Crippen LogP contribution is 2.05. The van der Waals surface area contributed by atoms with Crippen LogP contribution in [0, 0.1) is 0 Å². The van der Waals surface area contributed by atoms with Crippen LogP contribution in [0.1, 0.15) is 6.42 Å². The Kier molecular flexibility index (Phi) is 8.02. The quantitative estimate of drug-likeness (QED) is 0.525. The Morgan fingerprint density at radius 2 is 1.19 bits per heavy atom. The molecule has 0 saturated carbocycles. The zero-order valence-electron chi connectivity index (χ0n) is 8.86. The first-order valence-electron chi connectivity index (χ1n) is 4.09. The van der Waals surface area contributed by atoms with Crippen LogP contribution >= 0.6 is 0 Å². The van der Waals surface area contributed by atoms with Gasteiger partial charge in [0.05, 0.1) is 0 Å². The van der Waals surface area contributed by atoms with Crippen LogP contribution in [0.2, 0.25) is 0 Å². The lowest BCUT2D eigenvalue weighted by Crippen LogP contribution is -2.18. The molecule has 0 radical (unpaired) electrons. The fourth-order valence-corrected chi connectivity index (χ4v) is 0.432. The highest BCUT2D eigenvalue weighted by molar-refractivity contribution is 5.97. The first-order valence-corrected chi connectivity index (χ1v) is 4.09. The Labute approximate surface area is 93.5 Å². The van der Waals surface area contributed by atoms with Gasteiger partial charge in [0.15, 0.2) is 0 Å². The van der Waals surface area contributed by atoms with E-state index in [0.717, 1.165) is 6.08 Å². The standard InChI is InChI=1S/C7H10N2O2.C3H5NO/c1-4(6(8)10)3-5(2)7(9)11;1-2-3(4)5/h1-3H2,(H2,8,10)(H2,9,11);2H,1H2,(H2,4,5). The van der Waals surface area contributed by atoms with Crippen LogP contribution < -0.4 is 17.2 Å². The van der Waals surface area contributed by atoms with E-state index in [0.29, 0.717) is 0 Å². The Morgan fingerprint density at radius 1 is 0.938 bits per heavy atom. The van der Waals surface area contributed by atoms with E-state index < -0.39 is 17.7 Å². The molecule has 88 valence electrons. The van der Waals surface area contributed by atoms with Gasteiger partial charge in [0.25, 0.3) is 0 Å². The van der Waals surface area contributed by atoms with Gasteiger partial charge in [-0.25, -0.2) is 0 Å². The van der Waals surface area contributed by atoms with E-state index in [-0.39, 0.29) is 17.6 Å². The minimum absolute atomic E-state index is 0.0463. The molecule has 0 atom stereocenters. The summed E-state index contributed by atoms with van der Waals surface area (Å²) >= 11 is 0. The summed E-state index contributed by atoms with van der Waals surface area (Å²) in [5, 5.41) is 0. The van der Waals surface area contributed by atoms with E-state index in [2.05, 4.69) is 25.5 Å². The molecule has 6 heteroatoms. The maximum absolute atomic E-state index is 10.4. The van der Waals surface area contributed by atoms with Crippen LogP contribution in [0.15, 0.2) is 37.0 Å². The molecule has 0 aliphatic rings. The number of carbonyl (C=O) groups excluding carboxylic acids is 3. The zero-order valence-corrected chi connectivity index (χ0v) is 8.86. The van der Waals surface area contributed by atoms with Crippen LogP contribution in [0.25, 0.3) is 0 Å². The number of amides is 3. The average molecular weight is 225 g/mol. The smallest absolute Gasteiger partial charge is 0.244 e. The first kappa shape index (κ1) is 16.1. The van der Waals surface area contributed by atoms with Gasteiger partial charge in [-0.05, 0) is 6.08 Å². The number of hydrogen-bond acceptors (Lipinski definition) is 3. The van der Waals surface area contributed by atoms with E-state index >= 15 is 0 Å². The van der Waals surface area contributed by atoms with Crippen LogP contribution in [0.3, 0.4) is 0 Å². The molecule has 0 spiro atoms. The topological polar surface area (TPSA) is 129 Å². The molecule has 0 heterocycles. The Bertz CT molecular complexity index is 321. The summed E-state index contributed by atoms with van der Waals surface area (Å²) in [7, 11) is 0. The molecule has 0 fully saturated rings. The van der Waals surface area contributed by atoms with Crippen LogP contribution in [-0.4, -0.2) is 17.7 Å². The number of hydrogen-bond donors (Lipinski definition) is 3. The minimum atomic E-state index is -0.646. The second-order valence-electron chi connectivity index (χ2n) is 2.72. The van der Waals surface area contributed by atoms with E-state index in [9.17, 15) is 14.4 Å². The number of primary amides is 3. The van der Waals surface area contributed by atoms with E-state index in [4.69, 9.17) is 11.5 Å². The van der Waals surface area contributed by atoms with Gasteiger partial charge in [-0.2, -0.15) is 0 Å². The Hall–Kier alpha value is -2.37. The molecule has 0 aliphatic carbocycles. The van der Waals surface area contributed by atoms with Gasteiger partial charge in [-0.15, -0.1) is 0 Å². The molecule has 0 aliphatic heterocycles. The second-order valence-corrected chi connectivity index (χ2v) is 2.72. The third-order valence-electron chi connectivity index (χ3n) is 1.32. The molecule has 0 unspecified atom stereocenters. The minimum Gasteiger partial charge on any atom is -0.366 e. The summed E-state index contributed by atoms with van der Waals surface area (Å²) < 4.78 is 0. The van der Waals surface area contributed by atoms with Crippen molar-refractivity contribution in [3.63, 3.8) is 0 Å². The van der Waals surface area contributed by atoms with Gasteiger partial charge in [-0.3, -0.25) is 14.4 Å². The van der Waals surface area contributed by atoms with Crippen molar-refractivity contribution in [2.24, 2.45) is 17.2 Å². The lowest BCUT2D eigenvalue weighted by Gasteiger charge is -1.99. The lowest BCUT2D eigenvalue weighted by molar-refractivity contribution is -0.115. The highest BCUT2D eigenvalue weighted by Gasteiger charge is 2.07. The molecule has 0 rings (SSSR count). The van der Waals surface area contributed by atoms with Crippen molar-refractivity contribution >= 4 is 17.7 Å².